The molecule has 53 heavy (non-hydrogen) atoms. The van der Waals surface area contributed by atoms with E-state index in [9.17, 15) is 0 Å². The lowest BCUT2D eigenvalue weighted by molar-refractivity contribution is 0.634. The third-order valence-corrected chi connectivity index (χ3v) is 10.4. The van der Waals surface area contributed by atoms with Gasteiger partial charge in [-0.2, -0.15) is 0 Å². The summed E-state index contributed by atoms with van der Waals surface area (Å²) >= 11 is 0. The molecule has 4 heteroatoms. The average molecular weight is 691 g/mol. The van der Waals surface area contributed by atoms with E-state index >= 15 is 4.39 Å². The van der Waals surface area contributed by atoms with Crippen LogP contribution in [0.2, 0.25) is 0 Å². The van der Waals surface area contributed by atoms with Gasteiger partial charge in [0, 0.05) is 5.39 Å². The Bertz CT molecular complexity index is 2740. The second-order valence-electron chi connectivity index (χ2n) is 14.5. The molecule has 2 heterocycles. The molecular formula is C49H39FN2O. The van der Waals surface area contributed by atoms with Crippen LogP contribution in [0.5, 0.6) is 0 Å². The summed E-state index contributed by atoms with van der Waals surface area (Å²) < 4.78 is 24.8. The second-order valence-corrected chi connectivity index (χ2v) is 14.5. The summed E-state index contributed by atoms with van der Waals surface area (Å²) in [6, 6.07) is 51.9. The van der Waals surface area contributed by atoms with Gasteiger partial charge in [0.15, 0.2) is 0 Å². The van der Waals surface area contributed by atoms with Gasteiger partial charge in [0.2, 0.25) is 0 Å². The Kier molecular flexibility index (Phi) is 8.04. The first-order valence-corrected chi connectivity index (χ1v) is 18.4. The molecule has 0 bridgehead atoms. The Morgan fingerprint density at radius 3 is 1.74 bits per heavy atom. The van der Waals surface area contributed by atoms with E-state index in [-0.39, 0.29) is 17.7 Å². The Morgan fingerprint density at radius 2 is 1.09 bits per heavy atom. The molecule has 0 atom stereocenters. The van der Waals surface area contributed by atoms with Crippen LogP contribution in [0.15, 0.2) is 156 Å². The van der Waals surface area contributed by atoms with Crippen molar-refractivity contribution in [3.63, 3.8) is 0 Å². The van der Waals surface area contributed by atoms with Gasteiger partial charge in [-0.1, -0.05) is 131 Å². The number of halogens is 1. The number of fused-ring (bicyclic) bond motifs is 4. The molecule has 9 rings (SSSR count). The van der Waals surface area contributed by atoms with Gasteiger partial charge in [0.25, 0.3) is 0 Å². The highest BCUT2D eigenvalue weighted by Gasteiger charge is 2.26. The van der Waals surface area contributed by atoms with Crippen LogP contribution in [0.3, 0.4) is 0 Å². The Labute approximate surface area is 309 Å². The number of rotatable bonds is 7. The highest BCUT2D eigenvalue weighted by Crippen LogP contribution is 2.43. The molecular weight excluding hydrogens is 652 g/mol. The lowest BCUT2D eigenvalue weighted by Gasteiger charge is -2.24. The fourth-order valence-corrected chi connectivity index (χ4v) is 7.73. The zero-order valence-corrected chi connectivity index (χ0v) is 30.3. The summed E-state index contributed by atoms with van der Waals surface area (Å²) in [5, 5.41) is 1.22. The van der Waals surface area contributed by atoms with Crippen LogP contribution in [0, 0.1) is 5.82 Å². The van der Waals surface area contributed by atoms with Crippen molar-refractivity contribution < 1.29 is 8.81 Å². The van der Waals surface area contributed by atoms with Gasteiger partial charge in [-0.25, -0.2) is 9.37 Å². The van der Waals surface area contributed by atoms with E-state index in [2.05, 4.69) is 117 Å². The van der Waals surface area contributed by atoms with Gasteiger partial charge < -0.3 is 4.42 Å². The number of aromatic nitrogens is 2. The van der Waals surface area contributed by atoms with Crippen molar-refractivity contribution in [2.75, 3.05) is 0 Å². The van der Waals surface area contributed by atoms with Crippen molar-refractivity contribution in [1.29, 1.82) is 0 Å². The van der Waals surface area contributed by atoms with Crippen molar-refractivity contribution in [3.05, 3.63) is 169 Å². The maximum atomic E-state index is 15.9. The van der Waals surface area contributed by atoms with Crippen LogP contribution in [0.25, 0.3) is 83.4 Å². The molecule has 3 nitrogen and oxygen atoms in total. The number of nitrogens with zero attached hydrogens (tertiary/aromatic N) is 2. The molecule has 0 spiro atoms. The van der Waals surface area contributed by atoms with E-state index in [1.54, 1.807) is 6.07 Å². The Morgan fingerprint density at radius 1 is 0.547 bits per heavy atom. The van der Waals surface area contributed by atoms with E-state index in [0.29, 0.717) is 16.6 Å². The number of para-hydroxylation sites is 2. The standard InChI is InChI=1S/C49H39FN2O/c1-30(2)40-27-37(35-21-19-34(20-22-35)32-13-7-5-8-14-32)28-41(31(3)4)47(40)52-44-18-12-11-17-43(44)51-49(52)39-25-26-42(50)46-38-24-23-36(29-45(38)53-48(39)46)33-15-9-6-10-16-33/h5-31H,1-4H3. The smallest absolute Gasteiger partial charge is 0.149 e. The number of benzene rings is 7. The summed E-state index contributed by atoms with van der Waals surface area (Å²) in [4.78, 5) is 5.27. The number of hydrogen-bond donors (Lipinski definition) is 0. The van der Waals surface area contributed by atoms with Crippen LogP contribution < -0.4 is 0 Å². The van der Waals surface area contributed by atoms with Crippen molar-refractivity contribution in [2.45, 2.75) is 39.5 Å². The minimum Gasteiger partial charge on any atom is -0.455 e. The number of imidazole rings is 1. The molecule has 0 fully saturated rings. The molecule has 9 aromatic rings. The van der Waals surface area contributed by atoms with Gasteiger partial charge in [0.1, 0.15) is 22.8 Å². The van der Waals surface area contributed by atoms with E-state index in [4.69, 9.17) is 9.40 Å². The SMILES string of the molecule is CC(C)c1cc(-c2ccc(-c3ccccc3)cc2)cc(C(C)C)c1-n1c(-c2ccc(F)c3c2oc2cc(-c4ccccc4)ccc23)nc2ccccc21. The maximum absolute atomic E-state index is 15.9. The predicted octanol–water partition coefficient (Wildman–Crippen LogP) is 14.0. The highest BCUT2D eigenvalue weighted by atomic mass is 19.1. The fraction of sp³-hybridized carbons (Fsp3) is 0.122. The molecule has 2 aromatic heterocycles. The zero-order chi connectivity index (χ0) is 36.2. The highest BCUT2D eigenvalue weighted by molar-refractivity contribution is 6.10. The molecule has 258 valence electrons. The van der Waals surface area contributed by atoms with Crippen LogP contribution in [0.1, 0.15) is 50.7 Å². The van der Waals surface area contributed by atoms with Gasteiger partial charge in [-0.05, 0) is 105 Å². The molecule has 0 saturated carbocycles. The van der Waals surface area contributed by atoms with E-state index in [1.165, 1.54) is 33.4 Å². The molecule has 0 aliphatic rings. The summed E-state index contributed by atoms with van der Waals surface area (Å²) in [5.74, 6) is 0.820. The molecule has 0 amide bonds. The molecule has 7 aromatic carbocycles. The first kappa shape index (κ1) is 32.6. The largest absolute Gasteiger partial charge is 0.455 e. The van der Waals surface area contributed by atoms with Gasteiger partial charge in [0.05, 0.1) is 27.7 Å². The van der Waals surface area contributed by atoms with Crippen molar-refractivity contribution in [2.24, 2.45) is 0 Å². The van der Waals surface area contributed by atoms with Crippen LogP contribution in [-0.2, 0) is 0 Å². The fourth-order valence-electron chi connectivity index (χ4n) is 7.73. The second kappa shape index (κ2) is 13.1. The number of furan rings is 1. The van der Waals surface area contributed by atoms with Gasteiger partial charge in [-0.15, -0.1) is 0 Å². The molecule has 0 aliphatic carbocycles. The van der Waals surface area contributed by atoms with Crippen molar-refractivity contribution in [3.8, 4) is 50.5 Å². The average Bonchev–Trinajstić information content (AvgIpc) is 3.77. The van der Waals surface area contributed by atoms with E-state index < -0.39 is 0 Å². The third kappa shape index (κ3) is 5.62. The lowest BCUT2D eigenvalue weighted by atomic mass is 9.87. The molecule has 0 unspecified atom stereocenters. The zero-order valence-electron chi connectivity index (χ0n) is 30.3. The Hall–Kier alpha value is -6.26. The third-order valence-electron chi connectivity index (χ3n) is 10.4. The minimum absolute atomic E-state index is 0.205. The normalized spacial score (nSPS) is 11.8. The monoisotopic (exact) mass is 690 g/mol. The summed E-state index contributed by atoms with van der Waals surface area (Å²) in [6.45, 7) is 9.01. The number of hydrogen-bond acceptors (Lipinski definition) is 2. The van der Waals surface area contributed by atoms with Crippen molar-refractivity contribution >= 4 is 33.0 Å². The topological polar surface area (TPSA) is 31.0 Å². The van der Waals surface area contributed by atoms with E-state index in [0.717, 1.165) is 44.6 Å². The predicted molar refractivity (Wildman–Crippen MR) is 218 cm³/mol. The quantitative estimate of drug-likeness (QED) is 0.167. The molecule has 0 saturated heterocycles. The van der Waals surface area contributed by atoms with Crippen molar-refractivity contribution in [1.82, 2.24) is 9.55 Å². The molecule has 0 radical (unpaired) electrons. The summed E-state index contributed by atoms with van der Waals surface area (Å²) in [5.41, 5.74) is 14.2. The summed E-state index contributed by atoms with van der Waals surface area (Å²) in [6.07, 6.45) is 0. The van der Waals surface area contributed by atoms with Gasteiger partial charge >= 0.3 is 0 Å². The van der Waals surface area contributed by atoms with Gasteiger partial charge in [-0.3, -0.25) is 4.57 Å². The molecule has 0 aliphatic heterocycles. The van der Waals surface area contributed by atoms with E-state index in [1.807, 2.05) is 60.7 Å². The van der Waals surface area contributed by atoms with Crippen LogP contribution in [-0.4, -0.2) is 9.55 Å². The lowest BCUT2D eigenvalue weighted by Crippen LogP contribution is -2.09. The molecule has 0 N–H and O–H groups in total. The summed E-state index contributed by atoms with van der Waals surface area (Å²) in [7, 11) is 0. The Balaban J connectivity index is 1.27. The first-order chi connectivity index (χ1) is 25.9. The van der Waals surface area contributed by atoms with Crippen LogP contribution in [0.4, 0.5) is 4.39 Å². The maximum Gasteiger partial charge on any atom is 0.149 e. The minimum atomic E-state index is -0.314. The van der Waals surface area contributed by atoms with Crippen LogP contribution >= 0.6 is 0 Å². The first-order valence-electron chi connectivity index (χ1n) is 18.4.